The second-order valence-electron chi connectivity index (χ2n) is 10.5. The van der Waals surface area contributed by atoms with Crippen molar-refractivity contribution in [1.82, 2.24) is 4.90 Å². The minimum Gasteiger partial charge on any atom is -0.507 e. The highest BCUT2D eigenvalue weighted by atomic mass is 16.5. The summed E-state index contributed by atoms with van der Waals surface area (Å²) in [6.07, 6.45) is 13.5. The quantitative estimate of drug-likeness (QED) is 0.430. The Labute approximate surface area is 205 Å². The van der Waals surface area contributed by atoms with Gasteiger partial charge < -0.3 is 9.84 Å². The Balaban J connectivity index is 1.47. The molecule has 0 bridgehead atoms. The summed E-state index contributed by atoms with van der Waals surface area (Å²) in [6, 6.07) is 14.7. The molecule has 2 heterocycles. The summed E-state index contributed by atoms with van der Waals surface area (Å²) in [5, 5.41) is 11.2. The number of hydrogen-bond acceptors (Lipinski definition) is 3. The summed E-state index contributed by atoms with van der Waals surface area (Å²) < 4.78 is 6.92. The fourth-order valence-corrected chi connectivity index (χ4v) is 6.03. The molecule has 1 N–H and O–H groups in total. The Bertz CT molecular complexity index is 1060. The number of phenols is 1. The molecule has 0 spiro atoms. The van der Waals surface area contributed by atoms with Gasteiger partial charge >= 0.3 is 0 Å². The number of phenolic OH excluding ortho intramolecular Hbond substituents is 1. The van der Waals surface area contributed by atoms with E-state index in [1.165, 1.54) is 35.1 Å². The molecule has 0 unspecified atom stereocenters. The average molecular weight is 458 g/mol. The van der Waals surface area contributed by atoms with Crippen LogP contribution in [0.25, 0.3) is 11.6 Å². The highest BCUT2D eigenvalue weighted by Gasteiger charge is 2.44. The Morgan fingerprint density at radius 2 is 1.85 bits per heavy atom. The Hall–Kier alpha value is -2.52. The lowest BCUT2D eigenvalue weighted by Crippen LogP contribution is -2.46. The molecule has 2 aromatic carbocycles. The lowest BCUT2D eigenvalue weighted by atomic mass is 9.75. The van der Waals surface area contributed by atoms with E-state index in [1.807, 2.05) is 6.07 Å². The van der Waals surface area contributed by atoms with Gasteiger partial charge in [0, 0.05) is 19.6 Å². The van der Waals surface area contributed by atoms with Crippen molar-refractivity contribution < 1.29 is 9.84 Å². The van der Waals surface area contributed by atoms with Gasteiger partial charge in [0.2, 0.25) is 0 Å². The summed E-state index contributed by atoms with van der Waals surface area (Å²) >= 11 is 0. The molecule has 0 amide bonds. The predicted octanol–water partition coefficient (Wildman–Crippen LogP) is 7.25. The van der Waals surface area contributed by atoms with Crippen LogP contribution in [0.15, 0.2) is 54.1 Å². The van der Waals surface area contributed by atoms with Gasteiger partial charge in [0.1, 0.15) is 17.1 Å². The lowest BCUT2D eigenvalue weighted by Gasteiger charge is -2.46. The summed E-state index contributed by atoms with van der Waals surface area (Å²) in [7, 11) is 0. The molecule has 1 fully saturated rings. The van der Waals surface area contributed by atoms with Gasteiger partial charge in [-0.2, -0.15) is 0 Å². The Morgan fingerprint density at radius 1 is 1.09 bits per heavy atom. The van der Waals surface area contributed by atoms with Gasteiger partial charge in [0.15, 0.2) is 0 Å². The average Bonchev–Trinajstić information content (AvgIpc) is 3.64. The van der Waals surface area contributed by atoms with E-state index < -0.39 is 0 Å². The van der Waals surface area contributed by atoms with E-state index in [2.05, 4.69) is 67.3 Å². The van der Waals surface area contributed by atoms with Gasteiger partial charge in [-0.15, -0.1) is 0 Å². The van der Waals surface area contributed by atoms with Crippen molar-refractivity contribution in [3.63, 3.8) is 0 Å². The molecule has 34 heavy (non-hydrogen) atoms. The maximum absolute atomic E-state index is 11.2. The zero-order valence-electron chi connectivity index (χ0n) is 20.9. The van der Waals surface area contributed by atoms with Gasteiger partial charge in [-0.1, -0.05) is 69.2 Å². The molecule has 2 aromatic rings. The van der Waals surface area contributed by atoms with Crippen LogP contribution in [-0.2, 0) is 6.42 Å². The molecule has 180 valence electrons. The summed E-state index contributed by atoms with van der Waals surface area (Å²) in [5.74, 6) is 2.11. The number of nitrogens with zero attached hydrogens (tertiary/aromatic N) is 1. The van der Waals surface area contributed by atoms with Gasteiger partial charge in [0.05, 0.1) is 5.56 Å². The van der Waals surface area contributed by atoms with E-state index in [-0.39, 0.29) is 5.60 Å². The number of rotatable bonds is 9. The number of aromatic hydroxyl groups is 1. The first-order valence-corrected chi connectivity index (χ1v) is 13.3. The summed E-state index contributed by atoms with van der Waals surface area (Å²) in [4.78, 5) is 2.51. The number of fused-ring (bicyclic) bond motifs is 2. The maximum Gasteiger partial charge on any atom is 0.132 e. The van der Waals surface area contributed by atoms with Crippen molar-refractivity contribution in [2.45, 2.75) is 70.8 Å². The van der Waals surface area contributed by atoms with Crippen LogP contribution >= 0.6 is 0 Å². The maximum atomic E-state index is 11.2. The van der Waals surface area contributed by atoms with Crippen LogP contribution in [0.4, 0.5) is 0 Å². The van der Waals surface area contributed by atoms with Crippen molar-refractivity contribution in [2.75, 3.05) is 19.6 Å². The minimum atomic E-state index is -0.220. The van der Waals surface area contributed by atoms with Crippen molar-refractivity contribution in [3.05, 3.63) is 70.8 Å². The van der Waals surface area contributed by atoms with Crippen LogP contribution in [0.1, 0.15) is 75.5 Å². The van der Waals surface area contributed by atoms with Gasteiger partial charge in [-0.25, -0.2) is 0 Å². The number of ether oxygens (including phenoxy) is 1. The SMILES string of the molecule is CCCC1(CCC)Oc2cc(CC3CC3)cc(O)c2C2=C1CCN(CC=Cc1ccccc1)C2. The third kappa shape index (κ3) is 4.81. The molecule has 0 aromatic heterocycles. The molecule has 1 aliphatic carbocycles. The van der Waals surface area contributed by atoms with E-state index >= 15 is 0 Å². The largest absolute Gasteiger partial charge is 0.507 e. The fourth-order valence-electron chi connectivity index (χ4n) is 6.03. The third-order valence-corrected chi connectivity index (χ3v) is 7.72. The molecule has 5 rings (SSSR count). The van der Waals surface area contributed by atoms with E-state index in [1.54, 1.807) is 0 Å². The molecular formula is C31H39NO2. The first-order chi connectivity index (χ1) is 16.6. The van der Waals surface area contributed by atoms with Crippen molar-refractivity contribution in [2.24, 2.45) is 5.92 Å². The monoisotopic (exact) mass is 457 g/mol. The van der Waals surface area contributed by atoms with E-state index in [0.29, 0.717) is 5.75 Å². The highest BCUT2D eigenvalue weighted by Crippen LogP contribution is 2.51. The van der Waals surface area contributed by atoms with Crippen LogP contribution in [0.3, 0.4) is 0 Å². The zero-order valence-corrected chi connectivity index (χ0v) is 20.9. The van der Waals surface area contributed by atoms with E-state index in [4.69, 9.17) is 4.74 Å². The number of benzene rings is 2. The van der Waals surface area contributed by atoms with E-state index in [0.717, 1.165) is 75.4 Å². The summed E-state index contributed by atoms with van der Waals surface area (Å²) in [5.41, 5.74) is 5.96. The predicted molar refractivity (Wildman–Crippen MR) is 141 cm³/mol. The molecule has 3 nitrogen and oxygen atoms in total. The van der Waals surface area contributed by atoms with Crippen LogP contribution in [0.2, 0.25) is 0 Å². The van der Waals surface area contributed by atoms with Crippen LogP contribution in [-0.4, -0.2) is 35.2 Å². The molecule has 0 atom stereocenters. The second kappa shape index (κ2) is 10.00. The number of hydrogen-bond donors (Lipinski definition) is 1. The molecule has 3 heteroatoms. The second-order valence-corrected chi connectivity index (χ2v) is 10.5. The third-order valence-electron chi connectivity index (χ3n) is 7.72. The first kappa shape index (κ1) is 23.2. The van der Waals surface area contributed by atoms with Gasteiger partial charge in [0.25, 0.3) is 0 Å². The van der Waals surface area contributed by atoms with Gasteiger partial charge in [-0.05, 0) is 78.8 Å². The molecular weight excluding hydrogens is 418 g/mol. The van der Waals surface area contributed by atoms with Crippen molar-refractivity contribution in [1.29, 1.82) is 0 Å². The van der Waals surface area contributed by atoms with Crippen molar-refractivity contribution in [3.8, 4) is 11.5 Å². The normalized spacial score (nSPS) is 19.7. The van der Waals surface area contributed by atoms with Crippen molar-refractivity contribution >= 4 is 11.6 Å². The van der Waals surface area contributed by atoms with Crippen LogP contribution in [0.5, 0.6) is 11.5 Å². The smallest absolute Gasteiger partial charge is 0.132 e. The standard InChI is InChI=1S/C31H39NO2/c1-3-15-31(16-4-2)27-14-18-32(17-8-11-23-9-6-5-7-10-23)22-26(27)30-28(33)20-25(19-24-12-13-24)21-29(30)34-31/h5-11,20-21,24,33H,3-4,12-19,22H2,1-2H3. The van der Waals surface area contributed by atoms with E-state index in [9.17, 15) is 5.11 Å². The van der Waals surface area contributed by atoms with Crippen LogP contribution in [0, 0.1) is 5.92 Å². The first-order valence-electron chi connectivity index (χ1n) is 13.3. The Kier molecular flexibility index (Phi) is 6.83. The molecule has 2 aliphatic heterocycles. The zero-order chi connectivity index (χ0) is 23.5. The fraction of sp³-hybridized carbons (Fsp3) is 0.484. The summed E-state index contributed by atoms with van der Waals surface area (Å²) in [6.45, 7) is 7.35. The topological polar surface area (TPSA) is 32.7 Å². The van der Waals surface area contributed by atoms with Gasteiger partial charge in [-0.3, -0.25) is 4.90 Å². The highest BCUT2D eigenvalue weighted by molar-refractivity contribution is 5.82. The van der Waals surface area contributed by atoms with Crippen LogP contribution < -0.4 is 4.74 Å². The molecule has 1 saturated carbocycles. The Morgan fingerprint density at radius 3 is 2.56 bits per heavy atom. The molecule has 3 aliphatic rings. The lowest BCUT2D eigenvalue weighted by molar-refractivity contribution is 0.0729. The molecule has 0 saturated heterocycles. The minimum absolute atomic E-state index is 0.220. The molecule has 0 radical (unpaired) electrons.